The molecule has 108 valence electrons. The van der Waals surface area contributed by atoms with Crippen LogP contribution in [0, 0.1) is 11.3 Å². The quantitative estimate of drug-likeness (QED) is 0.483. The molecule has 1 aliphatic heterocycles. The van der Waals surface area contributed by atoms with Gasteiger partial charge in [0.1, 0.15) is 6.61 Å². The van der Waals surface area contributed by atoms with Crippen LogP contribution in [-0.4, -0.2) is 36.3 Å². The molecule has 0 aromatic heterocycles. The third-order valence-corrected chi connectivity index (χ3v) is 3.62. The molecule has 0 amide bonds. The number of likely N-dealkylation sites (tertiary alicyclic amines) is 1. The maximum atomic E-state index is 11.8. The van der Waals surface area contributed by atoms with E-state index in [1.807, 2.05) is 30.3 Å². The van der Waals surface area contributed by atoms with E-state index in [1.165, 1.54) is 0 Å². The van der Waals surface area contributed by atoms with E-state index < -0.39 is 0 Å². The number of benzene rings is 1. The predicted octanol–water partition coefficient (Wildman–Crippen LogP) is 1.38. The summed E-state index contributed by atoms with van der Waals surface area (Å²) in [4.78, 5) is 13.8. The zero-order chi connectivity index (χ0) is 14.4. The lowest BCUT2D eigenvalue weighted by molar-refractivity contribution is -0.146. The molecule has 1 fully saturated rings. The molecule has 0 bridgehead atoms. The molecule has 1 heterocycles. The number of piperidine rings is 1. The highest BCUT2D eigenvalue weighted by Crippen LogP contribution is 2.16. The van der Waals surface area contributed by atoms with Crippen molar-refractivity contribution in [3.05, 3.63) is 35.9 Å². The second-order valence-corrected chi connectivity index (χ2v) is 5.15. The number of hydrogen-bond acceptors (Lipinski definition) is 4. The van der Waals surface area contributed by atoms with Gasteiger partial charge < -0.3 is 10.5 Å². The number of ether oxygens (including phenoxy) is 1. The second kappa shape index (κ2) is 7.05. The fourth-order valence-electron chi connectivity index (χ4n) is 2.37. The third-order valence-electron chi connectivity index (χ3n) is 3.62. The van der Waals surface area contributed by atoms with E-state index >= 15 is 0 Å². The molecule has 1 saturated heterocycles. The standard InChI is InChI=1S/C15H21N3O2/c16-15(17)13-6-8-18(9-7-13)10-14(19)20-11-12-4-2-1-3-5-12/h1-5,13H,6-11H2,(H3,16,17). The van der Waals surface area contributed by atoms with Crippen LogP contribution in [0.1, 0.15) is 18.4 Å². The van der Waals surface area contributed by atoms with Crippen molar-refractivity contribution in [2.75, 3.05) is 19.6 Å². The molecule has 1 aromatic rings. The molecule has 0 spiro atoms. The Kier molecular flexibility index (Phi) is 5.12. The maximum Gasteiger partial charge on any atom is 0.320 e. The molecule has 5 nitrogen and oxygen atoms in total. The number of nitrogens with zero attached hydrogens (tertiary/aromatic N) is 1. The lowest BCUT2D eigenvalue weighted by Gasteiger charge is -2.30. The summed E-state index contributed by atoms with van der Waals surface area (Å²) < 4.78 is 5.26. The molecule has 0 saturated carbocycles. The van der Waals surface area contributed by atoms with Crippen LogP contribution in [-0.2, 0) is 16.1 Å². The zero-order valence-electron chi connectivity index (χ0n) is 11.5. The van der Waals surface area contributed by atoms with Crippen LogP contribution in [0.15, 0.2) is 30.3 Å². The SMILES string of the molecule is N=C(N)C1CCN(CC(=O)OCc2ccccc2)CC1. The minimum absolute atomic E-state index is 0.173. The van der Waals surface area contributed by atoms with Crippen LogP contribution in [0.3, 0.4) is 0 Å². The molecular formula is C15H21N3O2. The van der Waals surface area contributed by atoms with E-state index in [0.29, 0.717) is 13.2 Å². The maximum absolute atomic E-state index is 11.8. The zero-order valence-corrected chi connectivity index (χ0v) is 11.5. The molecule has 5 heteroatoms. The van der Waals surface area contributed by atoms with Crippen molar-refractivity contribution in [1.82, 2.24) is 4.90 Å². The average Bonchev–Trinajstić information content (AvgIpc) is 2.47. The predicted molar refractivity (Wildman–Crippen MR) is 77.3 cm³/mol. The lowest BCUT2D eigenvalue weighted by atomic mass is 9.96. The Morgan fingerprint density at radius 2 is 1.95 bits per heavy atom. The molecule has 20 heavy (non-hydrogen) atoms. The number of carbonyl (C=O) groups is 1. The summed E-state index contributed by atoms with van der Waals surface area (Å²) in [6.07, 6.45) is 1.70. The van der Waals surface area contributed by atoms with Crippen molar-refractivity contribution in [3.8, 4) is 0 Å². The molecule has 0 unspecified atom stereocenters. The number of hydrogen-bond donors (Lipinski definition) is 2. The van der Waals surface area contributed by atoms with Gasteiger partial charge in [-0.05, 0) is 31.5 Å². The molecule has 2 rings (SSSR count). The van der Waals surface area contributed by atoms with E-state index in [2.05, 4.69) is 4.90 Å². The summed E-state index contributed by atoms with van der Waals surface area (Å²) in [7, 11) is 0. The third kappa shape index (κ3) is 4.35. The van der Waals surface area contributed by atoms with Crippen LogP contribution in [0.4, 0.5) is 0 Å². The Balaban J connectivity index is 1.69. The Bertz CT molecular complexity index is 453. The Hall–Kier alpha value is -1.88. The van der Waals surface area contributed by atoms with Gasteiger partial charge in [-0.15, -0.1) is 0 Å². The van der Waals surface area contributed by atoms with Gasteiger partial charge in [0, 0.05) is 5.92 Å². The van der Waals surface area contributed by atoms with Gasteiger partial charge in [0.05, 0.1) is 12.4 Å². The highest BCUT2D eigenvalue weighted by Gasteiger charge is 2.22. The lowest BCUT2D eigenvalue weighted by Crippen LogP contribution is -2.41. The van der Waals surface area contributed by atoms with Gasteiger partial charge in [-0.1, -0.05) is 30.3 Å². The molecule has 0 radical (unpaired) electrons. The Morgan fingerprint density at radius 1 is 1.30 bits per heavy atom. The van der Waals surface area contributed by atoms with Crippen molar-refractivity contribution < 1.29 is 9.53 Å². The van der Waals surface area contributed by atoms with Gasteiger partial charge in [0.2, 0.25) is 0 Å². The van der Waals surface area contributed by atoms with E-state index in [1.54, 1.807) is 0 Å². The highest BCUT2D eigenvalue weighted by atomic mass is 16.5. The largest absolute Gasteiger partial charge is 0.460 e. The van der Waals surface area contributed by atoms with Crippen LogP contribution >= 0.6 is 0 Å². The van der Waals surface area contributed by atoms with E-state index in [9.17, 15) is 4.79 Å². The van der Waals surface area contributed by atoms with Crippen LogP contribution in [0.2, 0.25) is 0 Å². The van der Waals surface area contributed by atoms with Crippen LogP contribution in [0.25, 0.3) is 0 Å². The normalized spacial score (nSPS) is 16.8. The molecule has 1 aromatic carbocycles. The van der Waals surface area contributed by atoms with Crippen molar-refractivity contribution in [3.63, 3.8) is 0 Å². The van der Waals surface area contributed by atoms with E-state index in [4.69, 9.17) is 15.9 Å². The van der Waals surface area contributed by atoms with Crippen LogP contribution in [0.5, 0.6) is 0 Å². The minimum atomic E-state index is -0.199. The van der Waals surface area contributed by atoms with Gasteiger partial charge >= 0.3 is 5.97 Å². The fraction of sp³-hybridized carbons (Fsp3) is 0.467. The highest BCUT2D eigenvalue weighted by molar-refractivity contribution is 5.79. The Morgan fingerprint density at radius 3 is 2.55 bits per heavy atom. The van der Waals surface area contributed by atoms with Crippen molar-refractivity contribution >= 4 is 11.8 Å². The van der Waals surface area contributed by atoms with Crippen molar-refractivity contribution in [2.24, 2.45) is 11.7 Å². The molecule has 1 aliphatic rings. The molecule has 0 aliphatic carbocycles. The first-order chi connectivity index (χ1) is 9.65. The number of amidine groups is 1. The van der Waals surface area contributed by atoms with E-state index in [0.717, 1.165) is 31.5 Å². The van der Waals surface area contributed by atoms with E-state index in [-0.39, 0.29) is 17.7 Å². The van der Waals surface area contributed by atoms with Gasteiger partial charge in [-0.2, -0.15) is 0 Å². The first-order valence-corrected chi connectivity index (χ1v) is 6.91. The fourth-order valence-corrected chi connectivity index (χ4v) is 2.37. The Labute approximate surface area is 119 Å². The first-order valence-electron chi connectivity index (χ1n) is 6.91. The second-order valence-electron chi connectivity index (χ2n) is 5.15. The molecule has 3 N–H and O–H groups in total. The van der Waals surface area contributed by atoms with Gasteiger partial charge in [0.15, 0.2) is 0 Å². The summed E-state index contributed by atoms with van der Waals surface area (Å²) in [5.41, 5.74) is 6.50. The summed E-state index contributed by atoms with van der Waals surface area (Å²) in [5, 5.41) is 7.43. The summed E-state index contributed by atoms with van der Waals surface area (Å²) in [6, 6.07) is 9.66. The number of esters is 1. The van der Waals surface area contributed by atoms with Gasteiger partial charge in [-0.25, -0.2) is 0 Å². The summed E-state index contributed by atoms with van der Waals surface area (Å²) in [5.74, 6) is 0.234. The monoisotopic (exact) mass is 275 g/mol. The first kappa shape index (κ1) is 14.5. The van der Waals surface area contributed by atoms with Crippen molar-refractivity contribution in [1.29, 1.82) is 5.41 Å². The average molecular weight is 275 g/mol. The van der Waals surface area contributed by atoms with Crippen molar-refractivity contribution in [2.45, 2.75) is 19.4 Å². The van der Waals surface area contributed by atoms with Crippen LogP contribution < -0.4 is 5.73 Å². The van der Waals surface area contributed by atoms with Gasteiger partial charge in [0.25, 0.3) is 0 Å². The topological polar surface area (TPSA) is 79.4 Å². The minimum Gasteiger partial charge on any atom is -0.460 e. The molecule has 0 atom stereocenters. The summed E-state index contributed by atoms with van der Waals surface area (Å²) in [6.45, 7) is 2.23. The number of nitrogens with one attached hydrogen (secondary N) is 1. The molecular weight excluding hydrogens is 254 g/mol. The number of rotatable bonds is 5. The summed E-state index contributed by atoms with van der Waals surface area (Å²) >= 11 is 0. The smallest absolute Gasteiger partial charge is 0.320 e. The van der Waals surface area contributed by atoms with Gasteiger partial charge in [-0.3, -0.25) is 15.1 Å². The number of carbonyl (C=O) groups excluding carboxylic acids is 1. The number of nitrogens with two attached hydrogens (primary N) is 1.